The Morgan fingerprint density at radius 2 is 1.71 bits per heavy atom. The molecule has 0 unspecified atom stereocenters. The summed E-state index contributed by atoms with van der Waals surface area (Å²) in [6.45, 7) is 9.95. The highest BCUT2D eigenvalue weighted by atomic mass is 15.0. The molecule has 1 heteroatoms. The average Bonchev–Trinajstić information content (AvgIpc) is 2.65. The summed E-state index contributed by atoms with van der Waals surface area (Å²) in [5, 5.41) is 4.82. The van der Waals surface area contributed by atoms with E-state index in [9.17, 15) is 0 Å². The van der Waals surface area contributed by atoms with Gasteiger partial charge in [0.05, 0.1) is 0 Å². The number of hydrogen-bond acceptors (Lipinski definition) is 0. The maximum atomic E-state index is 4.82. The molecule has 0 aliphatic heterocycles. The number of hydrogen-bond donors (Lipinski definition) is 0. The van der Waals surface area contributed by atoms with Crippen LogP contribution in [0.25, 0.3) is 5.32 Å². The lowest BCUT2D eigenvalue weighted by molar-refractivity contribution is 0.193. The summed E-state index contributed by atoms with van der Waals surface area (Å²) in [6.07, 6.45) is 5.63. The average molecular weight is 234 g/mol. The van der Waals surface area contributed by atoms with Gasteiger partial charge in [-0.1, -0.05) is 59.3 Å². The van der Waals surface area contributed by atoms with E-state index in [-0.39, 0.29) is 0 Å². The smallest absolute Gasteiger partial charge is 0.0289 e. The van der Waals surface area contributed by atoms with Gasteiger partial charge < -0.3 is 5.32 Å². The minimum atomic E-state index is 0.291. The second kappa shape index (κ2) is 3.50. The Kier molecular flexibility index (Phi) is 2.47. The second-order valence-electron chi connectivity index (χ2n) is 7.81. The molecule has 1 nitrogen and oxygen atoms in total. The van der Waals surface area contributed by atoms with Gasteiger partial charge in [-0.3, -0.25) is 0 Å². The lowest BCUT2D eigenvalue weighted by Crippen LogP contribution is -2.37. The third kappa shape index (κ3) is 1.47. The Bertz CT molecular complexity index is 321. The minimum absolute atomic E-state index is 0.291. The Morgan fingerprint density at radius 3 is 2.35 bits per heavy atom. The fourth-order valence-electron chi connectivity index (χ4n) is 5.57. The van der Waals surface area contributed by atoms with Crippen LogP contribution in [-0.2, 0) is 0 Å². The highest BCUT2D eigenvalue weighted by Crippen LogP contribution is 2.71. The molecule has 0 heterocycles. The predicted molar refractivity (Wildman–Crippen MR) is 73.1 cm³/mol. The molecule has 0 bridgehead atoms. The molecule has 0 N–H and O–H groups in total. The summed E-state index contributed by atoms with van der Waals surface area (Å²) in [7, 11) is 2.06. The van der Waals surface area contributed by atoms with Gasteiger partial charge in [-0.25, -0.2) is 0 Å². The molecular weight excluding hydrogens is 206 g/mol. The van der Waals surface area contributed by atoms with E-state index in [2.05, 4.69) is 34.7 Å². The highest BCUT2D eigenvalue weighted by Gasteiger charge is 2.65. The Hall–Kier alpha value is -0.0400. The molecule has 0 amide bonds. The van der Waals surface area contributed by atoms with Crippen LogP contribution in [0.15, 0.2) is 0 Å². The molecule has 3 rings (SSSR count). The van der Waals surface area contributed by atoms with Gasteiger partial charge in [0, 0.05) is 0 Å². The van der Waals surface area contributed by atoms with Crippen LogP contribution in [0.4, 0.5) is 0 Å². The zero-order chi connectivity index (χ0) is 12.4. The molecule has 17 heavy (non-hydrogen) atoms. The van der Waals surface area contributed by atoms with Gasteiger partial charge >= 0.3 is 0 Å². The molecular formula is C16H28N-. The van der Waals surface area contributed by atoms with E-state index in [4.69, 9.17) is 5.32 Å². The first-order chi connectivity index (χ1) is 7.92. The van der Waals surface area contributed by atoms with Crippen molar-refractivity contribution in [3.63, 3.8) is 0 Å². The first-order valence-corrected chi connectivity index (χ1v) is 7.53. The zero-order valence-corrected chi connectivity index (χ0v) is 12.2. The van der Waals surface area contributed by atoms with E-state index in [1.54, 1.807) is 0 Å². The standard InChI is InChI=1S/C16H28N/c1-10-6-7-11-13(10)14-12(15(14,2)3)8-9-16(11,4)17-5/h10-14H,6-9H2,1-5H3/q-1/t10-,11-,12+,13+,14+,16-/m1/s1. The van der Waals surface area contributed by atoms with Crippen LogP contribution in [0.1, 0.15) is 53.4 Å². The molecule has 0 saturated heterocycles. The highest BCUT2D eigenvalue weighted by molar-refractivity contribution is 5.20. The molecule has 0 aromatic carbocycles. The van der Waals surface area contributed by atoms with E-state index >= 15 is 0 Å². The van der Waals surface area contributed by atoms with Crippen LogP contribution in [0.3, 0.4) is 0 Å². The van der Waals surface area contributed by atoms with Crippen molar-refractivity contribution in [2.75, 3.05) is 7.05 Å². The molecule has 3 saturated carbocycles. The van der Waals surface area contributed by atoms with Gasteiger partial charge in [0.15, 0.2) is 0 Å². The van der Waals surface area contributed by atoms with Crippen LogP contribution in [-0.4, -0.2) is 12.6 Å². The van der Waals surface area contributed by atoms with Crippen molar-refractivity contribution < 1.29 is 0 Å². The second-order valence-corrected chi connectivity index (χ2v) is 7.81. The largest absolute Gasteiger partial charge is 0.659 e. The van der Waals surface area contributed by atoms with Crippen molar-refractivity contribution in [2.24, 2.45) is 35.0 Å². The summed E-state index contributed by atoms with van der Waals surface area (Å²) in [5.41, 5.74) is 0.926. The lowest BCUT2D eigenvalue weighted by atomic mass is 9.72. The number of nitrogens with zero attached hydrogens (tertiary/aromatic N) is 1. The van der Waals surface area contributed by atoms with Crippen molar-refractivity contribution in [3.8, 4) is 0 Å². The third-order valence-electron chi connectivity index (χ3n) is 6.88. The zero-order valence-electron chi connectivity index (χ0n) is 12.2. The van der Waals surface area contributed by atoms with Crippen molar-refractivity contribution in [1.82, 2.24) is 0 Å². The quantitative estimate of drug-likeness (QED) is 0.635. The first-order valence-electron chi connectivity index (χ1n) is 7.53. The molecule has 3 aliphatic rings. The van der Waals surface area contributed by atoms with Crippen molar-refractivity contribution in [1.29, 1.82) is 0 Å². The van der Waals surface area contributed by atoms with E-state index < -0.39 is 0 Å². The Labute approximate surface area is 107 Å². The molecule has 0 aromatic rings. The maximum absolute atomic E-state index is 4.82. The van der Waals surface area contributed by atoms with Crippen LogP contribution in [0, 0.1) is 35.0 Å². The summed E-state index contributed by atoms with van der Waals surface area (Å²) in [5.74, 6) is 4.78. The minimum Gasteiger partial charge on any atom is -0.659 e. The topological polar surface area (TPSA) is 14.1 Å². The van der Waals surface area contributed by atoms with E-state index in [0.29, 0.717) is 11.0 Å². The van der Waals surface area contributed by atoms with Crippen LogP contribution >= 0.6 is 0 Å². The van der Waals surface area contributed by atoms with Crippen molar-refractivity contribution in [2.45, 2.75) is 58.9 Å². The third-order valence-corrected chi connectivity index (χ3v) is 6.88. The van der Waals surface area contributed by atoms with Crippen LogP contribution in [0.5, 0.6) is 0 Å². The fraction of sp³-hybridized carbons (Fsp3) is 1.00. The lowest BCUT2D eigenvalue weighted by Gasteiger charge is -2.50. The van der Waals surface area contributed by atoms with Crippen molar-refractivity contribution >= 4 is 0 Å². The number of fused-ring (bicyclic) bond motifs is 3. The SMILES string of the molecule is C[N-][C@]1(C)CC[C@H]2[C@@H]([C@H]3[C@H](C)CC[C@H]31)C2(C)C. The summed E-state index contributed by atoms with van der Waals surface area (Å²) in [4.78, 5) is 0. The molecule has 98 valence electrons. The molecule has 3 fully saturated rings. The van der Waals surface area contributed by atoms with Gasteiger partial charge in [0.1, 0.15) is 0 Å². The van der Waals surface area contributed by atoms with Crippen molar-refractivity contribution in [3.05, 3.63) is 5.32 Å². The first kappa shape index (κ1) is 12.0. The van der Waals surface area contributed by atoms with Gasteiger partial charge in [0.25, 0.3) is 0 Å². The molecule has 0 aromatic heterocycles. The molecule has 3 aliphatic carbocycles. The van der Waals surface area contributed by atoms with E-state index in [1.165, 1.54) is 25.7 Å². The van der Waals surface area contributed by atoms with Crippen LogP contribution in [0.2, 0.25) is 0 Å². The van der Waals surface area contributed by atoms with Crippen LogP contribution < -0.4 is 0 Å². The van der Waals surface area contributed by atoms with Gasteiger partial charge in [-0.2, -0.15) is 7.05 Å². The molecule has 6 atom stereocenters. The molecule has 0 radical (unpaired) electrons. The van der Waals surface area contributed by atoms with Gasteiger partial charge in [0.2, 0.25) is 0 Å². The van der Waals surface area contributed by atoms with Gasteiger partial charge in [-0.15, -0.1) is 5.54 Å². The summed E-state index contributed by atoms with van der Waals surface area (Å²) in [6, 6.07) is 0. The predicted octanol–water partition coefficient (Wildman–Crippen LogP) is 4.48. The normalized spacial score (nSPS) is 55.9. The number of rotatable bonds is 1. The molecule has 0 spiro atoms. The Balaban J connectivity index is 1.94. The van der Waals surface area contributed by atoms with E-state index in [1.807, 2.05) is 0 Å². The monoisotopic (exact) mass is 234 g/mol. The Morgan fingerprint density at radius 1 is 1.00 bits per heavy atom. The van der Waals surface area contributed by atoms with Gasteiger partial charge in [-0.05, 0) is 29.1 Å². The fourth-order valence-corrected chi connectivity index (χ4v) is 5.57. The van der Waals surface area contributed by atoms with E-state index in [0.717, 1.165) is 29.6 Å². The summed E-state index contributed by atoms with van der Waals surface area (Å²) >= 11 is 0. The summed E-state index contributed by atoms with van der Waals surface area (Å²) < 4.78 is 0. The maximum Gasteiger partial charge on any atom is -0.0289 e.